The van der Waals surface area contributed by atoms with E-state index in [0.717, 1.165) is 0 Å². The molecule has 1 rings (SSSR count). The second-order valence-corrected chi connectivity index (χ2v) is 7.93. The lowest BCUT2D eigenvalue weighted by molar-refractivity contribution is 0.137. The Morgan fingerprint density at radius 3 is 1.56 bits per heavy atom. The van der Waals surface area contributed by atoms with Crippen LogP contribution < -0.4 is 0 Å². The molecule has 1 atom stereocenters. The van der Waals surface area contributed by atoms with Crippen molar-refractivity contribution in [2.75, 3.05) is 13.1 Å². The summed E-state index contributed by atoms with van der Waals surface area (Å²) in [6.45, 7) is 9.36. The topological polar surface area (TPSA) is 6.48 Å². The van der Waals surface area contributed by atoms with Gasteiger partial charge in [-0.05, 0) is 25.7 Å². The first-order chi connectivity index (χ1) is 12.3. The van der Waals surface area contributed by atoms with E-state index < -0.39 is 0 Å². The lowest BCUT2D eigenvalue weighted by Gasteiger charge is -2.33. The summed E-state index contributed by atoms with van der Waals surface area (Å²) in [5, 5.41) is 0. The largest absolute Gasteiger partial charge is 0.356 e. The van der Waals surface area contributed by atoms with Crippen molar-refractivity contribution in [3.63, 3.8) is 0 Å². The van der Waals surface area contributed by atoms with Crippen molar-refractivity contribution in [1.29, 1.82) is 0 Å². The minimum absolute atomic E-state index is 0.644. The van der Waals surface area contributed by atoms with Crippen molar-refractivity contribution in [1.82, 2.24) is 9.80 Å². The van der Waals surface area contributed by atoms with E-state index in [1.807, 2.05) is 0 Å². The van der Waals surface area contributed by atoms with E-state index in [4.69, 9.17) is 0 Å². The third-order valence-electron chi connectivity index (χ3n) is 5.53. The Bertz CT molecular complexity index is 313. The third kappa shape index (κ3) is 10.2. The van der Waals surface area contributed by atoms with Crippen LogP contribution in [0.25, 0.3) is 0 Å². The monoisotopic (exact) mass is 350 g/mol. The molecular weight excluding hydrogens is 304 g/mol. The Labute approximate surface area is 159 Å². The van der Waals surface area contributed by atoms with Crippen LogP contribution in [-0.4, -0.2) is 29.1 Å². The van der Waals surface area contributed by atoms with E-state index in [-0.39, 0.29) is 0 Å². The molecule has 0 aromatic rings. The van der Waals surface area contributed by atoms with Crippen LogP contribution in [-0.2, 0) is 0 Å². The molecule has 148 valence electrons. The van der Waals surface area contributed by atoms with Crippen LogP contribution in [0.15, 0.2) is 12.4 Å². The zero-order valence-electron chi connectivity index (χ0n) is 17.6. The van der Waals surface area contributed by atoms with Crippen LogP contribution in [0.4, 0.5) is 0 Å². The van der Waals surface area contributed by atoms with Gasteiger partial charge in [0.2, 0.25) is 0 Å². The molecule has 0 radical (unpaired) electrons. The maximum atomic E-state index is 2.63. The molecule has 2 nitrogen and oxygen atoms in total. The molecule has 1 aliphatic rings. The van der Waals surface area contributed by atoms with E-state index in [2.05, 4.69) is 43.0 Å². The molecule has 0 spiro atoms. The maximum absolute atomic E-state index is 2.63. The predicted octanol–water partition coefficient (Wildman–Crippen LogP) is 7.31. The van der Waals surface area contributed by atoms with Crippen LogP contribution in [0.1, 0.15) is 117 Å². The van der Waals surface area contributed by atoms with Gasteiger partial charge in [0.1, 0.15) is 6.17 Å². The molecule has 25 heavy (non-hydrogen) atoms. The van der Waals surface area contributed by atoms with Crippen LogP contribution in [0.3, 0.4) is 0 Å². The van der Waals surface area contributed by atoms with Crippen LogP contribution in [0.2, 0.25) is 0 Å². The van der Waals surface area contributed by atoms with E-state index >= 15 is 0 Å². The summed E-state index contributed by atoms with van der Waals surface area (Å²) in [5.41, 5.74) is 0. The highest BCUT2D eigenvalue weighted by Gasteiger charge is 2.24. The van der Waals surface area contributed by atoms with E-state index in [1.54, 1.807) is 0 Å². The molecule has 0 aliphatic carbocycles. The van der Waals surface area contributed by atoms with Crippen LogP contribution in [0, 0.1) is 0 Å². The molecule has 2 heteroatoms. The summed E-state index contributed by atoms with van der Waals surface area (Å²) < 4.78 is 0. The first-order valence-electron chi connectivity index (χ1n) is 11.5. The normalized spacial score (nSPS) is 17.0. The molecule has 0 amide bonds. The van der Waals surface area contributed by atoms with Crippen molar-refractivity contribution < 1.29 is 0 Å². The summed E-state index contributed by atoms with van der Waals surface area (Å²) in [7, 11) is 0. The van der Waals surface area contributed by atoms with Gasteiger partial charge in [-0.15, -0.1) is 0 Å². The van der Waals surface area contributed by atoms with Crippen LogP contribution in [0.5, 0.6) is 0 Å². The zero-order valence-corrected chi connectivity index (χ0v) is 17.6. The number of hydrogen-bond acceptors (Lipinski definition) is 2. The van der Waals surface area contributed by atoms with Gasteiger partial charge >= 0.3 is 0 Å². The Hall–Kier alpha value is -0.660. The van der Waals surface area contributed by atoms with Gasteiger partial charge in [-0.3, -0.25) is 0 Å². The van der Waals surface area contributed by atoms with Crippen molar-refractivity contribution in [3.8, 4) is 0 Å². The third-order valence-corrected chi connectivity index (χ3v) is 5.53. The predicted molar refractivity (Wildman–Crippen MR) is 113 cm³/mol. The number of hydrogen-bond donors (Lipinski definition) is 0. The van der Waals surface area contributed by atoms with Gasteiger partial charge in [-0.2, -0.15) is 0 Å². The van der Waals surface area contributed by atoms with Gasteiger partial charge in [-0.1, -0.05) is 91.4 Å². The highest BCUT2D eigenvalue weighted by atomic mass is 15.4. The summed E-state index contributed by atoms with van der Waals surface area (Å²) in [4.78, 5) is 5.21. The average Bonchev–Trinajstić information content (AvgIpc) is 2.99. The molecule has 0 aromatic heterocycles. The lowest BCUT2D eigenvalue weighted by atomic mass is 10.1. The van der Waals surface area contributed by atoms with Crippen molar-refractivity contribution in [2.24, 2.45) is 0 Å². The van der Waals surface area contributed by atoms with Crippen molar-refractivity contribution >= 4 is 0 Å². The van der Waals surface area contributed by atoms with Gasteiger partial charge in [0.25, 0.3) is 0 Å². The Morgan fingerprint density at radius 1 is 0.520 bits per heavy atom. The zero-order chi connectivity index (χ0) is 18.2. The molecule has 0 bridgehead atoms. The van der Waals surface area contributed by atoms with E-state index in [9.17, 15) is 0 Å². The summed E-state index contributed by atoms with van der Waals surface area (Å²) in [5.74, 6) is 0. The van der Waals surface area contributed by atoms with Gasteiger partial charge in [0.05, 0.1) is 0 Å². The second-order valence-electron chi connectivity index (χ2n) is 7.93. The Balaban J connectivity index is 2.15. The average molecular weight is 351 g/mol. The highest BCUT2D eigenvalue weighted by Crippen LogP contribution is 2.22. The minimum Gasteiger partial charge on any atom is -0.356 e. The summed E-state index contributed by atoms with van der Waals surface area (Å²) in [6, 6.07) is 0. The van der Waals surface area contributed by atoms with Gasteiger partial charge in [0.15, 0.2) is 0 Å². The fourth-order valence-corrected chi connectivity index (χ4v) is 3.96. The standard InChI is InChI=1S/C23H46N2/c1-4-7-9-11-12-13-14-15-17-20-25-22-21-24(19-6-3)23(25)18-16-10-8-5-2/h21-23H,4-20H2,1-3H3. The fourth-order valence-electron chi connectivity index (χ4n) is 3.96. The first kappa shape index (κ1) is 22.4. The summed E-state index contributed by atoms with van der Waals surface area (Å²) >= 11 is 0. The Morgan fingerprint density at radius 2 is 1.00 bits per heavy atom. The van der Waals surface area contributed by atoms with E-state index in [0.29, 0.717) is 6.17 Å². The molecule has 0 fully saturated rings. The molecule has 0 saturated carbocycles. The summed E-state index contributed by atoms with van der Waals surface area (Å²) in [6.07, 6.45) is 26.3. The first-order valence-corrected chi connectivity index (χ1v) is 11.5. The fraction of sp³-hybridized carbons (Fsp3) is 0.913. The van der Waals surface area contributed by atoms with Gasteiger partial charge in [0, 0.05) is 25.5 Å². The quantitative estimate of drug-likeness (QED) is 0.254. The SMILES string of the molecule is CCCCCCCCCCCN1C=CN(CCC)C1CCCCCC. The van der Waals surface area contributed by atoms with Crippen molar-refractivity contribution in [3.05, 3.63) is 12.4 Å². The number of unbranched alkanes of at least 4 members (excludes halogenated alkanes) is 11. The van der Waals surface area contributed by atoms with Crippen LogP contribution >= 0.6 is 0 Å². The highest BCUT2D eigenvalue weighted by molar-refractivity contribution is 4.96. The van der Waals surface area contributed by atoms with Crippen molar-refractivity contribution in [2.45, 2.75) is 123 Å². The second kappa shape index (κ2) is 15.6. The molecule has 1 unspecified atom stereocenters. The number of nitrogens with zero attached hydrogens (tertiary/aromatic N) is 2. The maximum Gasteiger partial charge on any atom is 0.101 e. The Kier molecular flexibility index (Phi) is 14.0. The number of rotatable bonds is 17. The molecule has 0 saturated heterocycles. The smallest absolute Gasteiger partial charge is 0.101 e. The lowest BCUT2D eigenvalue weighted by Crippen LogP contribution is -2.39. The molecule has 1 heterocycles. The molecule has 1 aliphatic heterocycles. The van der Waals surface area contributed by atoms with Gasteiger partial charge in [-0.25, -0.2) is 0 Å². The van der Waals surface area contributed by atoms with Gasteiger partial charge < -0.3 is 9.80 Å². The molecule has 0 aromatic carbocycles. The van der Waals surface area contributed by atoms with E-state index in [1.165, 1.54) is 109 Å². The molecular formula is C23H46N2. The minimum atomic E-state index is 0.644. The molecule has 0 N–H and O–H groups in total.